The Morgan fingerprint density at radius 2 is 1.96 bits per heavy atom. The van der Waals surface area contributed by atoms with Gasteiger partial charge in [-0.3, -0.25) is 9.59 Å². The van der Waals surface area contributed by atoms with Crippen LogP contribution in [0.5, 0.6) is 0 Å². The largest absolute Gasteiger partial charge is 0.295 e. The summed E-state index contributed by atoms with van der Waals surface area (Å²) in [5, 5.41) is 0. The zero-order valence-corrected chi connectivity index (χ0v) is 14.4. The van der Waals surface area contributed by atoms with Gasteiger partial charge in [0.2, 0.25) is 0 Å². The quantitative estimate of drug-likeness (QED) is 0.718. The van der Waals surface area contributed by atoms with Gasteiger partial charge in [0.25, 0.3) is 0 Å². The Hall–Kier alpha value is -1.44. The lowest BCUT2D eigenvalue weighted by Crippen LogP contribution is -2.48. The Balaban J connectivity index is 1.73. The maximum atomic E-state index is 12.1. The molecule has 0 aromatic heterocycles. The average Bonchev–Trinajstić information content (AvgIpc) is 2.85. The number of rotatable bonds is 1. The number of allylic oxidation sites excluding steroid dienone is 6. The van der Waals surface area contributed by atoms with Crippen molar-refractivity contribution in [3.8, 4) is 0 Å². The molecule has 1 fully saturated rings. The third kappa shape index (κ3) is 1.93. The van der Waals surface area contributed by atoms with Gasteiger partial charge in [-0.1, -0.05) is 32.1 Å². The van der Waals surface area contributed by atoms with E-state index in [1.807, 2.05) is 6.08 Å². The van der Waals surface area contributed by atoms with Gasteiger partial charge < -0.3 is 0 Å². The van der Waals surface area contributed by atoms with E-state index in [1.54, 1.807) is 6.92 Å². The molecular weight excluding hydrogens is 284 g/mol. The summed E-state index contributed by atoms with van der Waals surface area (Å²) in [4.78, 5) is 23.9. The minimum absolute atomic E-state index is 0.0550. The Bertz CT molecular complexity index is 680. The number of hydrogen-bond donors (Lipinski definition) is 0. The van der Waals surface area contributed by atoms with Crippen LogP contribution in [-0.4, -0.2) is 11.6 Å². The van der Waals surface area contributed by atoms with E-state index in [-0.39, 0.29) is 22.4 Å². The van der Waals surface area contributed by atoms with Crippen molar-refractivity contribution >= 4 is 11.6 Å². The molecule has 23 heavy (non-hydrogen) atoms. The molecule has 5 atom stereocenters. The molecule has 4 aliphatic carbocycles. The van der Waals surface area contributed by atoms with Gasteiger partial charge in [0.15, 0.2) is 11.6 Å². The highest BCUT2D eigenvalue weighted by atomic mass is 16.1. The van der Waals surface area contributed by atoms with Crippen LogP contribution in [0.2, 0.25) is 0 Å². The lowest BCUT2D eigenvalue weighted by molar-refractivity contribution is -0.117. The maximum absolute atomic E-state index is 12.1. The number of carbonyl (C=O) groups is 2. The molecule has 1 saturated carbocycles. The van der Waals surface area contributed by atoms with Crippen molar-refractivity contribution < 1.29 is 9.59 Å². The molecule has 0 heterocycles. The summed E-state index contributed by atoms with van der Waals surface area (Å²) in [5.74, 6) is 2.24. The van der Waals surface area contributed by atoms with E-state index in [1.165, 1.54) is 5.57 Å². The average molecular weight is 310 g/mol. The topological polar surface area (TPSA) is 34.1 Å². The fourth-order valence-corrected chi connectivity index (χ4v) is 6.12. The van der Waals surface area contributed by atoms with Gasteiger partial charge in [0.1, 0.15) is 0 Å². The van der Waals surface area contributed by atoms with E-state index in [0.717, 1.165) is 31.3 Å². The first-order chi connectivity index (χ1) is 10.9. The molecule has 4 rings (SSSR count). The highest BCUT2D eigenvalue weighted by molar-refractivity contribution is 5.95. The summed E-state index contributed by atoms with van der Waals surface area (Å²) in [6.45, 7) is 6.39. The van der Waals surface area contributed by atoms with Crippen LogP contribution in [0.4, 0.5) is 0 Å². The minimum atomic E-state index is 0.0550. The van der Waals surface area contributed by atoms with Crippen LogP contribution in [0.15, 0.2) is 35.5 Å². The van der Waals surface area contributed by atoms with Crippen LogP contribution in [-0.2, 0) is 9.59 Å². The molecule has 0 saturated heterocycles. The van der Waals surface area contributed by atoms with E-state index < -0.39 is 0 Å². The molecule has 0 aromatic carbocycles. The van der Waals surface area contributed by atoms with Crippen LogP contribution in [0.3, 0.4) is 0 Å². The first-order valence-electron chi connectivity index (χ1n) is 9.01. The van der Waals surface area contributed by atoms with Gasteiger partial charge in [-0.25, -0.2) is 0 Å². The molecule has 0 aliphatic heterocycles. The summed E-state index contributed by atoms with van der Waals surface area (Å²) < 4.78 is 0. The number of carbonyl (C=O) groups excluding carboxylic acids is 2. The highest BCUT2D eigenvalue weighted by Gasteiger charge is 2.56. The lowest BCUT2D eigenvalue weighted by Gasteiger charge is -2.55. The molecular formula is C21H26O2. The molecule has 0 spiro atoms. The van der Waals surface area contributed by atoms with Crippen molar-refractivity contribution in [3.63, 3.8) is 0 Å². The van der Waals surface area contributed by atoms with E-state index in [2.05, 4.69) is 32.1 Å². The predicted molar refractivity (Wildman–Crippen MR) is 90.8 cm³/mol. The zero-order valence-electron chi connectivity index (χ0n) is 14.4. The summed E-state index contributed by atoms with van der Waals surface area (Å²) in [7, 11) is 0. The summed E-state index contributed by atoms with van der Waals surface area (Å²) in [6.07, 6.45) is 13.6. The van der Waals surface area contributed by atoms with Crippen molar-refractivity contribution in [2.75, 3.05) is 0 Å². The van der Waals surface area contributed by atoms with E-state index in [0.29, 0.717) is 24.2 Å². The molecule has 0 bridgehead atoms. The van der Waals surface area contributed by atoms with Crippen molar-refractivity contribution in [1.82, 2.24) is 0 Å². The van der Waals surface area contributed by atoms with E-state index >= 15 is 0 Å². The Morgan fingerprint density at radius 3 is 2.70 bits per heavy atom. The first-order valence-corrected chi connectivity index (χ1v) is 9.01. The summed E-state index contributed by atoms with van der Waals surface area (Å²) in [5.41, 5.74) is 2.52. The lowest BCUT2D eigenvalue weighted by atomic mass is 9.48. The van der Waals surface area contributed by atoms with Crippen LogP contribution < -0.4 is 0 Å². The molecule has 2 heteroatoms. The zero-order chi connectivity index (χ0) is 16.4. The Labute approximate surface area is 138 Å². The van der Waals surface area contributed by atoms with Gasteiger partial charge in [-0.15, -0.1) is 0 Å². The van der Waals surface area contributed by atoms with Gasteiger partial charge >= 0.3 is 0 Å². The van der Waals surface area contributed by atoms with Crippen molar-refractivity contribution in [1.29, 1.82) is 0 Å². The Morgan fingerprint density at radius 1 is 1.17 bits per heavy atom. The SMILES string of the molecule is CC(=O)C1=CC[C@H]2[C@@H]3C=CC4=CC(=O)CC[C@@]4(C)[C@@H]3CC[C@]12C. The van der Waals surface area contributed by atoms with Gasteiger partial charge in [0, 0.05) is 6.42 Å². The monoisotopic (exact) mass is 310 g/mol. The number of fused-ring (bicyclic) bond motifs is 5. The molecule has 122 valence electrons. The highest BCUT2D eigenvalue weighted by Crippen LogP contribution is 2.63. The minimum Gasteiger partial charge on any atom is -0.295 e. The van der Waals surface area contributed by atoms with Crippen LogP contribution in [0.25, 0.3) is 0 Å². The second kappa shape index (κ2) is 4.78. The van der Waals surface area contributed by atoms with Crippen molar-refractivity contribution in [2.45, 2.75) is 52.9 Å². The first kappa shape index (κ1) is 15.1. The second-order valence-corrected chi connectivity index (χ2v) is 8.50. The fourth-order valence-electron chi connectivity index (χ4n) is 6.12. The predicted octanol–water partition coefficient (Wildman–Crippen LogP) is 4.42. The maximum Gasteiger partial charge on any atom is 0.156 e. The number of Topliss-reactive ketones (excluding diaryl/α,β-unsaturated/α-hetero) is 1. The van der Waals surface area contributed by atoms with Gasteiger partial charge in [-0.05, 0) is 78.4 Å². The molecule has 2 nitrogen and oxygen atoms in total. The molecule has 0 radical (unpaired) electrons. The molecule has 0 aromatic rings. The Kier molecular flexibility index (Phi) is 3.14. The number of hydrogen-bond acceptors (Lipinski definition) is 2. The van der Waals surface area contributed by atoms with Crippen molar-refractivity contribution in [2.24, 2.45) is 28.6 Å². The molecule has 4 aliphatic rings. The van der Waals surface area contributed by atoms with Crippen LogP contribution in [0.1, 0.15) is 52.9 Å². The van der Waals surface area contributed by atoms with Crippen molar-refractivity contribution in [3.05, 3.63) is 35.5 Å². The van der Waals surface area contributed by atoms with Crippen LogP contribution >= 0.6 is 0 Å². The summed E-state index contributed by atoms with van der Waals surface area (Å²) >= 11 is 0. The third-order valence-corrected chi connectivity index (χ3v) is 7.48. The fraction of sp³-hybridized carbons (Fsp3) is 0.619. The molecule has 0 unspecified atom stereocenters. The smallest absolute Gasteiger partial charge is 0.156 e. The van der Waals surface area contributed by atoms with E-state index in [9.17, 15) is 9.59 Å². The van der Waals surface area contributed by atoms with Gasteiger partial charge in [-0.2, -0.15) is 0 Å². The second-order valence-electron chi connectivity index (χ2n) is 8.50. The van der Waals surface area contributed by atoms with Crippen LogP contribution in [0, 0.1) is 28.6 Å². The molecule has 0 N–H and O–H groups in total. The third-order valence-electron chi connectivity index (χ3n) is 7.48. The normalized spacial score (nSPS) is 44.8. The molecule has 0 amide bonds. The number of ketones is 2. The van der Waals surface area contributed by atoms with Gasteiger partial charge in [0.05, 0.1) is 0 Å². The summed E-state index contributed by atoms with van der Waals surface area (Å²) in [6, 6.07) is 0. The van der Waals surface area contributed by atoms with E-state index in [4.69, 9.17) is 0 Å². The standard InChI is InChI=1S/C21H26O2/c1-13(22)17-6-7-18-16-5-4-14-12-15(23)8-10-20(14,2)19(16)9-11-21(17,18)3/h4-6,12,16,18-19H,7-11H2,1-3H3/t16-,18-,19+,20+,21+/m0/s1.